The van der Waals surface area contributed by atoms with E-state index in [2.05, 4.69) is 22.0 Å². The summed E-state index contributed by atoms with van der Waals surface area (Å²) in [6, 6.07) is 11.8. The Balaban J connectivity index is 1.77. The molecular formula is C21H25N3O4. The fourth-order valence-electron chi connectivity index (χ4n) is 3.27. The topological polar surface area (TPSA) is 82.1 Å². The summed E-state index contributed by atoms with van der Waals surface area (Å²) in [7, 11) is 1.55. The smallest absolute Gasteiger partial charge is 0.337 e. The number of likely N-dealkylation sites (N-methyl/N-ethyl adjacent to an activating group) is 1. The van der Waals surface area contributed by atoms with Crippen molar-refractivity contribution in [3.05, 3.63) is 53.6 Å². The molecule has 0 bridgehead atoms. The number of carbonyl (C=O) groups excluding carboxylic acids is 1. The van der Waals surface area contributed by atoms with E-state index in [1.54, 1.807) is 43.5 Å². The first kappa shape index (κ1) is 19.7. The molecule has 28 heavy (non-hydrogen) atoms. The lowest BCUT2D eigenvalue weighted by molar-refractivity contribution is 0.0698. The summed E-state index contributed by atoms with van der Waals surface area (Å²) in [5.74, 6) is -0.788. The summed E-state index contributed by atoms with van der Waals surface area (Å²) in [5.41, 5.74) is 1.65. The molecule has 1 saturated heterocycles. The monoisotopic (exact) mass is 383 g/mol. The molecule has 2 aromatic rings. The van der Waals surface area contributed by atoms with Gasteiger partial charge in [-0.3, -0.25) is 4.79 Å². The minimum Gasteiger partial charge on any atom is -0.497 e. The second-order valence-corrected chi connectivity index (χ2v) is 6.64. The first-order chi connectivity index (χ1) is 13.5. The molecule has 1 fully saturated rings. The molecule has 7 nitrogen and oxygen atoms in total. The SMILES string of the molecule is CCN1CCN(c2ccc(NC(=O)c3ccc(OC)cc3)c(C(=O)O)c2)CC1. The van der Waals surface area contributed by atoms with E-state index in [-0.39, 0.29) is 17.2 Å². The number of amides is 1. The Morgan fingerprint density at radius 1 is 1.07 bits per heavy atom. The second kappa shape index (κ2) is 8.75. The Morgan fingerprint density at radius 3 is 2.32 bits per heavy atom. The fourth-order valence-corrected chi connectivity index (χ4v) is 3.27. The molecule has 0 aromatic heterocycles. The Hall–Kier alpha value is -3.06. The van der Waals surface area contributed by atoms with Gasteiger partial charge in [0, 0.05) is 37.4 Å². The lowest BCUT2D eigenvalue weighted by Crippen LogP contribution is -2.46. The molecule has 0 spiro atoms. The lowest BCUT2D eigenvalue weighted by Gasteiger charge is -2.35. The van der Waals surface area contributed by atoms with Crippen LogP contribution in [-0.2, 0) is 0 Å². The van der Waals surface area contributed by atoms with Crippen LogP contribution in [0.2, 0.25) is 0 Å². The van der Waals surface area contributed by atoms with Crippen molar-refractivity contribution in [2.45, 2.75) is 6.92 Å². The van der Waals surface area contributed by atoms with Crippen LogP contribution in [0.25, 0.3) is 0 Å². The molecule has 2 N–H and O–H groups in total. The summed E-state index contributed by atoms with van der Waals surface area (Å²) in [5, 5.41) is 12.3. The normalized spacial score (nSPS) is 14.6. The van der Waals surface area contributed by atoms with Gasteiger partial charge in [-0.05, 0) is 49.0 Å². The third-order valence-corrected chi connectivity index (χ3v) is 5.02. The number of hydrogen-bond acceptors (Lipinski definition) is 5. The molecule has 0 atom stereocenters. The van der Waals surface area contributed by atoms with Gasteiger partial charge in [0.1, 0.15) is 5.75 Å². The van der Waals surface area contributed by atoms with E-state index >= 15 is 0 Å². The Morgan fingerprint density at radius 2 is 1.75 bits per heavy atom. The zero-order valence-corrected chi connectivity index (χ0v) is 16.1. The number of methoxy groups -OCH3 is 1. The molecule has 1 amide bonds. The Bertz CT molecular complexity index is 843. The first-order valence-electron chi connectivity index (χ1n) is 9.32. The number of carboxylic acids is 1. The van der Waals surface area contributed by atoms with Crippen LogP contribution in [-0.4, -0.2) is 61.7 Å². The Labute approximate surface area is 164 Å². The lowest BCUT2D eigenvalue weighted by atomic mass is 10.1. The number of nitrogens with one attached hydrogen (secondary N) is 1. The van der Waals surface area contributed by atoms with Crippen molar-refractivity contribution in [1.82, 2.24) is 4.90 Å². The van der Waals surface area contributed by atoms with Gasteiger partial charge >= 0.3 is 5.97 Å². The molecule has 3 rings (SSSR count). The van der Waals surface area contributed by atoms with E-state index in [9.17, 15) is 14.7 Å². The number of rotatable bonds is 6. The highest BCUT2D eigenvalue weighted by molar-refractivity contribution is 6.08. The van der Waals surface area contributed by atoms with Crippen LogP contribution in [0.1, 0.15) is 27.6 Å². The predicted octanol–water partition coefficient (Wildman–Crippen LogP) is 2.79. The fraction of sp³-hybridized carbons (Fsp3) is 0.333. The van der Waals surface area contributed by atoms with Crippen molar-refractivity contribution >= 4 is 23.3 Å². The maximum atomic E-state index is 12.5. The maximum absolute atomic E-state index is 12.5. The second-order valence-electron chi connectivity index (χ2n) is 6.64. The van der Waals surface area contributed by atoms with Crippen LogP contribution < -0.4 is 15.0 Å². The van der Waals surface area contributed by atoms with Crippen LogP contribution >= 0.6 is 0 Å². The van der Waals surface area contributed by atoms with Crippen molar-refractivity contribution in [1.29, 1.82) is 0 Å². The third kappa shape index (κ3) is 4.43. The average molecular weight is 383 g/mol. The van der Waals surface area contributed by atoms with Crippen LogP contribution in [0, 0.1) is 0 Å². The third-order valence-electron chi connectivity index (χ3n) is 5.02. The molecule has 1 heterocycles. The molecule has 0 radical (unpaired) electrons. The van der Waals surface area contributed by atoms with E-state index in [1.165, 1.54) is 0 Å². The van der Waals surface area contributed by atoms with Gasteiger partial charge in [-0.25, -0.2) is 4.79 Å². The number of ether oxygens (including phenoxy) is 1. The minimum absolute atomic E-state index is 0.0808. The number of anilines is 2. The summed E-state index contributed by atoms with van der Waals surface area (Å²) >= 11 is 0. The number of nitrogens with zero attached hydrogens (tertiary/aromatic N) is 2. The molecular weight excluding hydrogens is 358 g/mol. The van der Waals surface area contributed by atoms with Crippen molar-refractivity contribution < 1.29 is 19.4 Å². The minimum atomic E-state index is -1.07. The zero-order chi connectivity index (χ0) is 20.1. The standard InChI is InChI=1S/C21H25N3O4/c1-3-23-10-12-24(13-11-23)16-6-9-19(18(14-16)21(26)27)22-20(25)15-4-7-17(28-2)8-5-15/h4-9,14H,3,10-13H2,1-2H3,(H,22,25)(H,26,27). The molecule has 148 valence electrons. The highest BCUT2D eigenvalue weighted by Gasteiger charge is 2.19. The number of benzene rings is 2. The predicted molar refractivity (Wildman–Crippen MR) is 109 cm³/mol. The molecule has 2 aromatic carbocycles. The van der Waals surface area contributed by atoms with Crippen LogP contribution in [0.4, 0.5) is 11.4 Å². The molecule has 0 unspecified atom stereocenters. The largest absolute Gasteiger partial charge is 0.497 e. The van der Waals surface area contributed by atoms with Gasteiger partial charge in [0.25, 0.3) is 5.91 Å². The van der Waals surface area contributed by atoms with Crippen LogP contribution in [0.5, 0.6) is 5.75 Å². The summed E-state index contributed by atoms with van der Waals surface area (Å²) in [6.45, 7) is 6.77. The Kier molecular flexibility index (Phi) is 6.16. The maximum Gasteiger partial charge on any atom is 0.337 e. The van der Waals surface area contributed by atoms with E-state index < -0.39 is 5.97 Å². The van der Waals surface area contributed by atoms with Crippen LogP contribution in [0.3, 0.4) is 0 Å². The van der Waals surface area contributed by atoms with Crippen molar-refractivity contribution in [3.8, 4) is 5.75 Å². The van der Waals surface area contributed by atoms with Gasteiger partial charge in [-0.2, -0.15) is 0 Å². The quantitative estimate of drug-likeness (QED) is 0.798. The number of aromatic carboxylic acids is 1. The van der Waals surface area contributed by atoms with Gasteiger partial charge < -0.3 is 25.0 Å². The average Bonchev–Trinajstić information content (AvgIpc) is 2.74. The van der Waals surface area contributed by atoms with Gasteiger partial charge in [-0.1, -0.05) is 6.92 Å². The van der Waals surface area contributed by atoms with Gasteiger partial charge in [0.2, 0.25) is 0 Å². The molecule has 7 heteroatoms. The van der Waals surface area contributed by atoms with E-state index in [0.717, 1.165) is 38.4 Å². The summed E-state index contributed by atoms with van der Waals surface area (Å²) < 4.78 is 5.09. The van der Waals surface area contributed by atoms with Gasteiger partial charge in [0.15, 0.2) is 0 Å². The van der Waals surface area contributed by atoms with Gasteiger partial charge in [0.05, 0.1) is 18.4 Å². The molecule has 1 aliphatic rings. The number of carboxylic acid groups (broad SMARTS) is 1. The van der Waals surface area contributed by atoms with Crippen molar-refractivity contribution in [3.63, 3.8) is 0 Å². The number of hydrogen-bond donors (Lipinski definition) is 2. The summed E-state index contributed by atoms with van der Waals surface area (Å²) in [6.07, 6.45) is 0. The van der Waals surface area contributed by atoms with E-state index in [4.69, 9.17) is 4.74 Å². The zero-order valence-electron chi connectivity index (χ0n) is 16.1. The van der Waals surface area contributed by atoms with Crippen molar-refractivity contribution in [2.75, 3.05) is 50.1 Å². The number of carbonyl (C=O) groups is 2. The molecule has 0 saturated carbocycles. The van der Waals surface area contributed by atoms with E-state index in [0.29, 0.717) is 11.3 Å². The van der Waals surface area contributed by atoms with Gasteiger partial charge in [-0.15, -0.1) is 0 Å². The number of piperazine rings is 1. The van der Waals surface area contributed by atoms with E-state index in [1.807, 2.05) is 6.07 Å². The molecule has 0 aliphatic carbocycles. The van der Waals surface area contributed by atoms with Crippen molar-refractivity contribution in [2.24, 2.45) is 0 Å². The highest BCUT2D eigenvalue weighted by Crippen LogP contribution is 2.25. The van der Waals surface area contributed by atoms with Crippen LogP contribution in [0.15, 0.2) is 42.5 Å². The summed E-state index contributed by atoms with van der Waals surface area (Å²) in [4.78, 5) is 28.8. The first-order valence-corrected chi connectivity index (χ1v) is 9.32. The molecule has 1 aliphatic heterocycles. The highest BCUT2D eigenvalue weighted by atomic mass is 16.5.